The monoisotopic (exact) mass is 606 g/mol. The van der Waals surface area contributed by atoms with Crippen molar-refractivity contribution in [2.45, 2.75) is 20.3 Å². The molecule has 0 saturated carbocycles. The molecule has 0 saturated heterocycles. The van der Waals surface area contributed by atoms with Crippen LogP contribution in [0.2, 0.25) is 0 Å². The van der Waals surface area contributed by atoms with Gasteiger partial charge in [-0.05, 0) is 72.9 Å². The molecule has 0 radical (unpaired) electrons. The van der Waals surface area contributed by atoms with Gasteiger partial charge in [0.25, 0.3) is 0 Å². The molecule has 2 aromatic heterocycles. The maximum Gasteiger partial charge on any atom is 0.136 e. The Morgan fingerprint density at radius 2 is 1.53 bits per heavy atom. The minimum atomic E-state index is 0.705. The molecule has 0 atom stereocenters. The Hall–Kier alpha value is -6.02. The fraction of sp³-hybridized carbons (Fsp3) is 0.0682. The van der Waals surface area contributed by atoms with Crippen LogP contribution in [0.3, 0.4) is 0 Å². The molecule has 0 spiro atoms. The van der Waals surface area contributed by atoms with Gasteiger partial charge in [0.1, 0.15) is 16.9 Å². The highest BCUT2D eigenvalue weighted by Gasteiger charge is 2.16. The minimum absolute atomic E-state index is 0.705. The summed E-state index contributed by atoms with van der Waals surface area (Å²) in [6.07, 6.45) is 12.9. The van der Waals surface area contributed by atoms with E-state index < -0.39 is 0 Å². The van der Waals surface area contributed by atoms with Crippen LogP contribution in [-0.4, -0.2) is 10.7 Å². The zero-order chi connectivity index (χ0) is 32.2. The number of nitrogens with zero attached hydrogens (tertiary/aromatic N) is 2. The molecular weight excluding hydrogens is 572 g/mol. The summed E-state index contributed by atoms with van der Waals surface area (Å²) >= 11 is 0. The second-order valence-corrected chi connectivity index (χ2v) is 11.5. The lowest BCUT2D eigenvalue weighted by Gasteiger charge is -2.12. The number of aromatic nitrogens is 1. The third kappa shape index (κ3) is 6.01. The van der Waals surface area contributed by atoms with Crippen LogP contribution in [0.25, 0.3) is 55.6 Å². The average Bonchev–Trinajstić information content (AvgIpc) is 3.40. The van der Waals surface area contributed by atoms with Gasteiger partial charge in [0, 0.05) is 39.2 Å². The summed E-state index contributed by atoms with van der Waals surface area (Å²) in [6, 6.07) is 37.6. The fourth-order valence-electron chi connectivity index (χ4n) is 6.06. The maximum absolute atomic E-state index is 6.19. The molecule has 0 amide bonds. The minimum Gasteiger partial charge on any atom is -0.456 e. The molecule has 0 aliphatic carbocycles. The van der Waals surface area contributed by atoms with Gasteiger partial charge < -0.3 is 4.42 Å². The zero-order valence-corrected chi connectivity index (χ0v) is 26.6. The van der Waals surface area contributed by atoms with Crippen LogP contribution in [-0.2, 0) is 0 Å². The number of allylic oxidation sites excluding steroid dienone is 8. The van der Waals surface area contributed by atoms with Gasteiger partial charge in [-0.2, -0.15) is 0 Å². The van der Waals surface area contributed by atoms with Gasteiger partial charge in [-0.25, -0.2) is 4.99 Å². The molecule has 0 unspecified atom stereocenters. The van der Waals surface area contributed by atoms with E-state index in [1.807, 2.05) is 67.7 Å². The van der Waals surface area contributed by atoms with Gasteiger partial charge in [-0.3, -0.25) is 4.98 Å². The Bertz CT molecular complexity index is 2320. The van der Waals surface area contributed by atoms with Crippen molar-refractivity contribution in [3.05, 3.63) is 180 Å². The van der Waals surface area contributed by atoms with Crippen molar-refractivity contribution in [1.82, 2.24) is 4.98 Å². The van der Waals surface area contributed by atoms with Crippen molar-refractivity contribution < 1.29 is 4.42 Å². The normalized spacial score (nSPS) is 13.7. The van der Waals surface area contributed by atoms with Crippen molar-refractivity contribution in [2.24, 2.45) is 4.99 Å². The van der Waals surface area contributed by atoms with Gasteiger partial charge in [0.2, 0.25) is 0 Å². The highest BCUT2D eigenvalue weighted by atomic mass is 16.3. The van der Waals surface area contributed by atoms with Gasteiger partial charge in [-0.15, -0.1) is 6.58 Å². The smallest absolute Gasteiger partial charge is 0.136 e. The molecule has 3 nitrogen and oxygen atoms in total. The van der Waals surface area contributed by atoms with Crippen molar-refractivity contribution >= 4 is 38.9 Å². The van der Waals surface area contributed by atoms with E-state index >= 15 is 0 Å². The molecular formula is C44H34N2O. The topological polar surface area (TPSA) is 38.4 Å². The van der Waals surface area contributed by atoms with E-state index in [1.54, 1.807) is 0 Å². The average molecular weight is 607 g/mol. The molecule has 3 heteroatoms. The van der Waals surface area contributed by atoms with Gasteiger partial charge in [0.05, 0.1) is 11.4 Å². The molecule has 47 heavy (non-hydrogen) atoms. The highest BCUT2D eigenvalue weighted by molar-refractivity contribution is 6.16. The van der Waals surface area contributed by atoms with Crippen molar-refractivity contribution in [3.63, 3.8) is 0 Å². The Balaban J connectivity index is 1.29. The lowest BCUT2D eigenvalue weighted by molar-refractivity contribution is 0.669. The fourth-order valence-corrected chi connectivity index (χ4v) is 6.06. The number of rotatable bonds is 8. The molecule has 226 valence electrons. The summed E-state index contributed by atoms with van der Waals surface area (Å²) in [6.45, 7) is 8.14. The van der Waals surface area contributed by atoms with Gasteiger partial charge in [-0.1, -0.05) is 115 Å². The molecule has 4 aromatic carbocycles. The largest absolute Gasteiger partial charge is 0.456 e. The number of para-hydroxylation sites is 1. The molecule has 1 aliphatic heterocycles. The lowest BCUT2D eigenvalue weighted by Crippen LogP contribution is -2.01. The van der Waals surface area contributed by atoms with Crippen LogP contribution in [0.5, 0.6) is 0 Å². The third-order valence-electron chi connectivity index (χ3n) is 8.42. The predicted molar refractivity (Wildman–Crippen MR) is 198 cm³/mol. The summed E-state index contributed by atoms with van der Waals surface area (Å²) in [5.74, 6) is 0. The van der Waals surface area contributed by atoms with Gasteiger partial charge >= 0.3 is 0 Å². The number of fused-ring (bicyclic) bond motifs is 3. The molecule has 6 aromatic rings. The lowest BCUT2D eigenvalue weighted by atomic mass is 9.93. The first-order chi connectivity index (χ1) is 23.1. The number of aliphatic imine (C=N–C) groups is 1. The summed E-state index contributed by atoms with van der Waals surface area (Å²) in [5, 5.41) is 2.23. The van der Waals surface area contributed by atoms with Crippen LogP contribution in [0.1, 0.15) is 31.4 Å². The molecule has 1 aliphatic rings. The van der Waals surface area contributed by atoms with E-state index in [2.05, 4.69) is 104 Å². The molecule has 7 rings (SSSR count). The molecule has 0 N–H and O–H groups in total. The van der Waals surface area contributed by atoms with E-state index in [0.29, 0.717) is 6.42 Å². The first-order valence-corrected chi connectivity index (χ1v) is 15.9. The second-order valence-electron chi connectivity index (χ2n) is 11.5. The van der Waals surface area contributed by atoms with E-state index in [9.17, 15) is 0 Å². The van der Waals surface area contributed by atoms with Crippen LogP contribution in [0.15, 0.2) is 179 Å². The maximum atomic E-state index is 6.19. The summed E-state index contributed by atoms with van der Waals surface area (Å²) in [5.41, 5.74) is 16.5. The van der Waals surface area contributed by atoms with Gasteiger partial charge in [0.15, 0.2) is 0 Å². The molecule has 0 bridgehead atoms. The summed E-state index contributed by atoms with van der Waals surface area (Å²) in [7, 11) is 0. The Labute approximate surface area is 275 Å². The summed E-state index contributed by atoms with van der Waals surface area (Å²) < 4.78 is 6.19. The van der Waals surface area contributed by atoms with E-state index in [0.717, 1.165) is 83.6 Å². The third-order valence-corrected chi connectivity index (χ3v) is 8.42. The predicted octanol–water partition coefficient (Wildman–Crippen LogP) is 11.8. The highest BCUT2D eigenvalue weighted by Crippen LogP contribution is 2.36. The second kappa shape index (κ2) is 13.1. The Morgan fingerprint density at radius 3 is 2.34 bits per heavy atom. The van der Waals surface area contributed by atoms with Crippen LogP contribution in [0.4, 0.5) is 0 Å². The standard InChI is InChI=1S/C44H34N2O/c1-4-6-14-33(13-5-2)41-29-39(30(3)27-40(46-41)34-15-8-7-9-16-34)32-22-20-31(21-23-32)36-18-12-26-45-44(36)35-24-25-38-37-17-10-11-19-42(37)47-43(38)28-35/h4-12,14-26,28-29H,2,13H2,1,3H3/b6-4-,33-14+. The van der Waals surface area contributed by atoms with Crippen molar-refractivity contribution in [2.75, 3.05) is 0 Å². The first-order valence-electron chi connectivity index (χ1n) is 15.9. The zero-order valence-electron chi connectivity index (χ0n) is 26.6. The van der Waals surface area contributed by atoms with E-state index in [4.69, 9.17) is 14.4 Å². The van der Waals surface area contributed by atoms with Crippen LogP contribution >= 0.6 is 0 Å². The number of benzene rings is 4. The molecule has 0 fully saturated rings. The number of hydrogen-bond acceptors (Lipinski definition) is 3. The van der Waals surface area contributed by atoms with E-state index in [1.165, 1.54) is 0 Å². The molecule has 3 heterocycles. The van der Waals surface area contributed by atoms with Crippen LogP contribution in [0, 0.1) is 0 Å². The van der Waals surface area contributed by atoms with Crippen LogP contribution < -0.4 is 0 Å². The number of pyridine rings is 1. The van der Waals surface area contributed by atoms with Crippen molar-refractivity contribution in [3.8, 4) is 22.4 Å². The number of hydrogen-bond donors (Lipinski definition) is 0. The van der Waals surface area contributed by atoms with E-state index in [-0.39, 0.29) is 0 Å². The summed E-state index contributed by atoms with van der Waals surface area (Å²) in [4.78, 5) is 9.97. The van der Waals surface area contributed by atoms with Crippen molar-refractivity contribution in [1.29, 1.82) is 0 Å². The Kier molecular flexibility index (Phi) is 8.30. The number of furan rings is 1. The first kappa shape index (κ1) is 29.7. The SMILES string of the molecule is C=CC/C(=C\C=C/C)C1=NC(c2ccccc2)=C=C(C)C(c2ccc(-c3cccnc3-c3ccc4c(c3)oc3ccccc34)cc2)=C1. The quantitative estimate of drug-likeness (QED) is 0.0982. The Morgan fingerprint density at radius 1 is 0.787 bits per heavy atom.